The summed E-state index contributed by atoms with van der Waals surface area (Å²) in [6, 6.07) is -0.938. The van der Waals surface area contributed by atoms with Crippen LogP contribution in [0.4, 0.5) is 0 Å². The zero-order chi connectivity index (χ0) is 60.2. The summed E-state index contributed by atoms with van der Waals surface area (Å²) in [4.78, 5) is 13.3. The van der Waals surface area contributed by atoms with E-state index >= 15 is 0 Å². The Morgan fingerprint density at radius 1 is 0.434 bits per heavy atom. The first kappa shape index (κ1) is 76.8. The van der Waals surface area contributed by atoms with E-state index in [1.807, 2.05) is 6.08 Å². The van der Waals surface area contributed by atoms with E-state index in [9.17, 15) is 45.6 Å². The van der Waals surface area contributed by atoms with E-state index in [1.165, 1.54) is 193 Å². The van der Waals surface area contributed by atoms with Gasteiger partial charge in [0.15, 0.2) is 12.6 Å². The summed E-state index contributed by atoms with van der Waals surface area (Å²) < 4.78 is 22.8. The quantitative estimate of drug-likeness (QED) is 0.0204. The molecule has 83 heavy (non-hydrogen) atoms. The molecule has 2 aliphatic heterocycles. The van der Waals surface area contributed by atoms with Crippen molar-refractivity contribution in [2.45, 2.75) is 351 Å². The third-order valence-electron chi connectivity index (χ3n) is 16.4. The van der Waals surface area contributed by atoms with Gasteiger partial charge in [-0.15, -0.1) is 0 Å². The van der Waals surface area contributed by atoms with Crippen LogP contribution in [0.3, 0.4) is 0 Å². The normalized spacial score (nSPS) is 24.2. The molecule has 0 radical (unpaired) electrons. The maximum atomic E-state index is 13.3. The van der Waals surface area contributed by atoms with Crippen LogP contribution >= 0.6 is 0 Å². The molecule has 0 bridgehead atoms. The standard InChI is InChI=1S/C69H125NO13/c1-3-5-7-9-11-13-15-17-19-21-22-23-24-25-26-27-28-29-30-31-32-33-34-35-36-37-39-41-43-45-47-49-51-53-61(74)70-57(58(73)52-50-48-46-44-42-40-38-20-18-16-14-12-10-8-6-4-2)56-80-68-66(79)64(77)67(60(55-72)82-68)83-69-65(78)63(76)62(75)59(54-71)81-69/h15,17-18,20-22,42,44,50,52,57-60,62-69,71-73,75-79H,3-14,16,19,23-41,43,45-49,51,53-56H2,1-2H3,(H,70,74)/b17-15-,20-18+,22-21-,44-42+,52-50+. The highest BCUT2D eigenvalue weighted by Gasteiger charge is 2.51. The smallest absolute Gasteiger partial charge is 0.220 e. The predicted molar refractivity (Wildman–Crippen MR) is 337 cm³/mol. The minimum atomic E-state index is -1.79. The molecular formula is C69H125NO13. The highest BCUT2D eigenvalue weighted by molar-refractivity contribution is 5.76. The molecule has 0 spiro atoms. The third kappa shape index (κ3) is 38.6. The number of hydrogen-bond donors (Lipinski definition) is 9. The van der Waals surface area contributed by atoms with E-state index in [0.717, 1.165) is 51.4 Å². The van der Waals surface area contributed by atoms with Gasteiger partial charge in [0.1, 0.15) is 48.8 Å². The first-order valence-corrected chi connectivity index (χ1v) is 34.0. The van der Waals surface area contributed by atoms with Gasteiger partial charge in [-0.2, -0.15) is 0 Å². The minimum Gasteiger partial charge on any atom is -0.394 e. The van der Waals surface area contributed by atoms with Crippen LogP contribution < -0.4 is 5.32 Å². The first-order chi connectivity index (χ1) is 40.6. The van der Waals surface area contributed by atoms with Gasteiger partial charge in [-0.3, -0.25) is 4.79 Å². The molecule has 0 aromatic heterocycles. The molecule has 1 amide bonds. The number of nitrogens with one attached hydrogen (secondary N) is 1. The number of rotatable bonds is 55. The van der Waals surface area contributed by atoms with Crippen molar-refractivity contribution >= 4 is 5.91 Å². The molecule has 2 aliphatic rings. The van der Waals surface area contributed by atoms with Crippen molar-refractivity contribution < 1.29 is 64.6 Å². The number of ether oxygens (including phenoxy) is 4. The Balaban J connectivity index is 1.64. The molecule has 484 valence electrons. The van der Waals surface area contributed by atoms with Gasteiger partial charge in [0, 0.05) is 6.42 Å². The van der Waals surface area contributed by atoms with Gasteiger partial charge in [0.2, 0.25) is 5.91 Å². The SMILES string of the molecule is CCCCCCC/C=C\C/C=C\CCCCCCCCCCCCCCCCCCCCCCCC(=O)NC(COC1OC(CO)C(OC2OC(CO)C(O)C(O)C2O)C(O)C1O)C(O)/C=C/CC/C=C/CC/C=C/CCCCCCCC. The molecule has 2 rings (SSSR count). The van der Waals surface area contributed by atoms with Gasteiger partial charge < -0.3 is 65.1 Å². The lowest BCUT2D eigenvalue weighted by molar-refractivity contribution is -0.359. The zero-order valence-electron chi connectivity index (χ0n) is 52.4. The van der Waals surface area contributed by atoms with Crippen LogP contribution in [0, 0.1) is 0 Å². The van der Waals surface area contributed by atoms with E-state index in [0.29, 0.717) is 12.8 Å². The topological polar surface area (TPSA) is 228 Å². The molecule has 2 fully saturated rings. The summed E-state index contributed by atoms with van der Waals surface area (Å²) >= 11 is 0. The van der Waals surface area contributed by atoms with Crippen molar-refractivity contribution in [3.63, 3.8) is 0 Å². The van der Waals surface area contributed by atoms with Gasteiger partial charge in [-0.25, -0.2) is 0 Å². The molecule has 0 saturated carbocycles. The number of allylic oxidation sites excluding steroid dienone is 9. The number of hydrogen-bond acceptors (Lipinski definition) is 13. The molecule has 0 aromatic rings. The van der Waals surface area contributed by atoms with Crippen LogP contribution in [-0.2, 0) is 23.7 Å². The highest BCUT2D eigenvalue weighted by Crippen LogP contribution is 2.30. The van der Waals surface area contributed by atoms with Crippen molar-refractivity contribution in [2.75, 3.05) is 19.8 Å². The van der Waals surface area contributed by atoms with Crippen molar-refractivity contribution in [3.8, 4) is 0 Å². The Morgan fingerprint density at radius 3 is 1.25 bits per heavy atom. The van der Waals surface area contributed by atoms with E-state index in [-0.39, 0.29) is 18.9 Å². The van der Waals surface area contributed by atoms with Crippen LogP contribution in [0.2, 0.25) is 0 Å². The lowest BCUT2D eigenvalue weighted by Crippen LogP contribution is -2.65. The molecule has 12 unspecified atom stereocenters. The zero-order valence-corrected chi connectivity index (χ0v) is 52.4. The third-order valence-corrected chi connectivity index (χ3v) is 16.4. The fourth-order valence-electron chi connectivity index (χ4n) is 10.9. The average molecular weight is 1180 g/mol. The molecule has 14 nitrogen and oxygen atoms in total. The molecule has 14 heteroatoms. The van der Waals surface area contributed by atoms with Crippen molar-refractivity contribution in [2.24, 2.45) is 0 Å². The molecule has 2 saturated heterocycles. The largest absolute Gasteiger partial charge is 0.394 e. The van der Waals surface area contributed by atoms with E-state index in [2.05, 4.69) is 67.8 Å². The molecule has 9 N–H and O–H groups in total. The fourth-order valence-corrected chi connectivity index (χ4v) is 10.9. The average Bonchev–Trinajstić information content (AvgIpc) is 3.63. The van der Waals surface area contributed by atoms with Crippen molar-refractivity contribution in [3.05, 3.63) is 60.8 Å². The Labute approximate surface area is 505 Å². The fraction of sp³-hybridized carbons (Fsp3) is 0.841. The monoisotopic (exact) mass is 1180 g/mol. The summed E-state index contributed by atoms with van der Waals surface area (Å²) in [5, 5.41) is 87.2. The number of carbonyl (C=O) groups excluding carboxylic acids is 1. The number of unbranched alkanes of at least 4 members (excludes halogenated alkanes) is 34. The lowest BCUT2D eigenvalue weighted by atomic mass is 9.97. The summed E-state index contributed by atoms with van der Waals surface area (Å²) in [6.45, 7) is 2.77. The Kier molecular flexibility index (Phi) is 49.9. The minimum absolute atomic E-state index is 0.251. The Morgan fingerprint density at radius 2 is 0.807 bits per heavy atom. The second kappa shape index (κ2) is 53.9. The number of carbonyl (C=O) groups is 1. The van der Waals surface area contributed by atoms with E-state index in [1.54, 1.807) is 6.08 Å². The number of aliphatic hydroxyl groups is 8. The highest BCUT2D eigenvalue weighted by atomic mass is 16.7. The van der Waals surface area contributed by atoms with Crippen LogP contribution in [0.5, 0.6) is 0 Å². The van der Waals surface area contributed by atoms with Crippen LogP contribution in [0.15, 0.2) is 60.8 Å². The van der Waals surface area contributed by atoms with Gasteiger partial charge >= 0.3 is 0 Å². The van der Waals surface area contributed by atoms with Gasteiger partial charge in [0.25, 0.3) is 0 Å². The van der Waals surface area contributed by atoms with Crippen LogP contribution in [-0.4, -0.2) is 140 Å². The maximum absolute atomic E-state index is 13.3. The summed E-state index contributed by atoms with van der Waals surface area (Å²) in [7, 11) is 0. The Hall–Kier alpha value is -2.31. The molecule has 12 atom stereocenters. The van der Waals surface area contributed by atoms with Crippen LogP contribution in [0.25, 0.3) is 0 Å². The van der Waals surface area contributed by atoms with Crippen LogP contribution in [0.1, 0.15) is 277 Å². The van der Waals surface area contributed by atoms with Crippen molar-refractivity contribution in [1.82, 2.24) is 5.32 Å². The summed E-state index contributed by atoms with van der Waals surface area (Å²) in [5.74, 6) is -0.251. The second-order valence-corrected chi connectivity index (χ2v) is 23.9. The molecule has 2 heterocycles. The summed E-state index contributed by atoms with van der Waals surface area (Å²) in [6.07, 6.45) is 54.3. The number of amides is 1. The van der Waals surface area contributed by atoms with Gasteiger partial charge in [-0.1, -0.05) is 254 Å². The van der Waals surface area contributed by atoms with Gasteiger partial charge in [-0.05, 0) is 77.0 Å². The van der Waals surface area contributed by atoms with Gasteiger partial charge in [0.05, 0.1) is 32.0 Å². The van der Waals surface area contributed by atoms with E-state index < -0.39 is 86.8 Å². The molecule has 0 aromatic carbocycles. The molecule has 0 aliphatic carbocycles. The second-order valence-electron chi connectivity index (χ2n) is 23.9. The van der Waals surface area contributed by atoms with E-state index in [4.69, 9.17) is 18.9 Å². The lowest BCUT2D eigenvalue weighted by Gasteiger charge is -2.46. The van der Waals surface area contributed by atoms with Crippen molar-refractivity contribution in [1.29, 1.82) is 0 Å². The first-order valence-electron chi connectivity index (χ1n) is 34.0. The number of aliphatic hydroxyl groups excluding tert-OH is 8. The predicted octanol–water partition coefficient (Wildman–Crippen LogP) is 13.3. The Bertz CT molecular complexity index is 1620. The maximum Gasteiger partial charge on any atom is 0.220 e. The molecular weight excluding hydrogens is 1050 g/mol. The summed E-state index contributed by atoms with van der Waals surface area (Å²) in [5.41, 5.74) is 0.